The molecule has 31 heavy (non-hydrogen) atoms. The summed E-state index contributed by atoms with van der Waals surface area (Å²) in [6.07, 6.45) is 0.973. The molecule has 5 atom stereocenters. The Morgan fingerprint density at radius 3 is 2.29 bits per heavy atom. The zero-order valence-corrected chi connectivity index (χ0v) is 19.2. The van der Waals surface area contributed by atoms with Crippen molar-refractivity contribution in [3.8, 4) is 0 Å². The van der Waals surface area contributed by atoms with Gasteiger partial charge < -0.3 is 18.9 Å². The molecule has 3 fully saturated rings. The number of amides is 1. The molecule has 8 nitrogen and oxygen atoms in total. The van der Waals surface area contributed by atoms with Crippen molar-refractivity contribution in [3.05, 3.63) is 35.9 Å². The first-order valence-electron chi connectivity index (χ1n) is 10.8. The predicted octanol–water partition coefficient (Wildman–Crippen LogP) is 2.59. The third-order valence-corrected chi connectivity index (χ3v) is 7.30. The molecule has 1 N–H and O–H groups in total. The van der Waals surface area contributed by atoms with Crippen LogP contribution in [0, 0.1) is 5.92 Å². The molecule has 4 rings (SSSR count). The summed E-state index contributed by atoms with van der Waals surface area (Å²) in [5.41, 5.74) is 0.312. The fourth-order valence-electron chi connectivity index (χ4n) is 4.85. The molecular formula is C22H31NO7S. The monoisotopic (exact) mass is 453 g/mol. The Balaban J connectivity index is 1.37. The second-order valence-electron chi connectivity index (χ2n) is 9.46. The molecule has 0 spiro atoms. The van der Waals surface area contributed by atoms with Crippen molar-refractivity contribution in [2.45, 2.75) is 82.9 Å². The van der Waals surface area contributed by atoms with Crippen molar-refractivity contribution in [1.29, 1.82) is 0 Å². The molecule has 1 aromatic rings. The van der Waals surface area contributed by atoms with Crippen molar-refractivity contribution < 1.29 is 32.2 Å². The van der Waals surface area contributed by atoms with Crippen LogP contribution in [0.15, 0.2) is 30.3 Å². The van der Waals surface area contributed by atoms with Crippen LogP contribution in [-0.4, -0.2) is 56.1 Å². The van der Waals surface area contributed by atoms with Crippen LogP contribution in [0.1, 0.15) is 57.3 Å². The second kappa shape index (κ2) is 8.12. The highest BCUT2D eigenvalue weighted by Gasteiger charge is 2.59. The molecular weight excluding hydrogens is 422 g/mol. The van der Waals surface area contributed by atoms with Gasteiger partial charge in [0.25, 0.3) is 5.91 Å². The lowest BCUT2D eigenvalue weighted by Crippen LogP contribution is -2.50. The Bertz CT molecular complexity index is 915. The molecule has 2 aliphatic heterocycles. The lowest BCUT2D eigenvalue weighted by Gasteiger charge is -2.37. The van der Waals surface area contributed by atoms with Gasteiger partial charge in [0.15, 0.2) is 11.6 Å². The van der Waals surface area contributed by atoms with Gasteiger partial charge in [-0.2, -0.15) is 0 Å². The minimum atomic E-state index is -3.74. The summed E-state index contributed by atoms with van der Waals surface area (Å²) in [5.74, 6) is -2.09. The fourth-order valence-corrected chi connectivity index (χ4v) is 5.90. The van der Waals surface area contributed by atoms with E-state index in [4.69, 9.17) is 18.9 Å². The summed E-state index contributed by atoms with van der Waals surface area (Å²) in [7, 11) is -3.74. The molecule has 0 aromatic heterocycles. The van der Waals surface area contributed by atoms with Crippen molar-refractivity contribution in [2.75, 3.05) is 5.75 Å². The first-order valence-corrected chi connectivity index (χ1v) is 12.4. The van der Waals surface area contributed by atoms with E-state index in [9.17, 15) is 13.2 Å². The number of fused-ring (bicyclic) bond motifs is 3. The van der Waals surface area contributed by atoms with Crippen LogP contribution in [0.2, 0.25) is 0 Å². The molecule has 3 aliphatic rings. The van der Waals surface area contributed by atoms with E-state index in [0.29, 0.717) is 24.8 Å². The van der Waals surface area contributed by atoms with Crippen LogP contribution < -0.4 is 4.72 Å². The largest absolute Gasteiger partial charge is 0.344 e. The summed E-state index contributed by atoms with van der Waals surface area (Å²) >= 11 is 0. The summed E-state index contributed by atoms with van der Waals surface area (Å²) in [6, 6.07) is 8.30. The standard InChI is InChI=1S/C22H31NO7S/c1-21(2)27-16-13-15(17-19(18(16)29-21)30-22(3,4)28-17)11-8-12-31(25,26)23-20(24)14-9-6-5-7-10-14/h5-7,9-10,15-19H,8,11-13H2,1-4H3,(H,23,24)/t15-,16-,17-,18-,19-/m0/s1. The van der Waals surface area contributed by atoms with E-state index in [-0.39, 0.29) is 36.1 Å². The van der Waals surface area contributed by atoms with Gasteiger partial charge in [-0.05, 0) is 65.0 Å². The van der Waals surface area contributed by atoms with E-state index < -0.39 is 27.5 Å². The minimum absolute atomic E-state index is 0.0746. The van der Waals surface area contributed by atoms with E-state index in [1.807, 2.05) is 27.7 Å². The maximum atomic E-state index is 12.4. The zero-order valence-electron chi connectivity index (χ0n) is 18.4. The third-order valence-electron chi connectivity index (χ3n) is 5.98. The van der Waals surface area contributed by atoms with Gasteiger partial charge in [-0.25, -0.2) is 13.1 Å². The van der Waals surface area contributed by atoms with Crippen LogP contribution >= 0.6 is 0 Å². The highest BCUT2D eigenvalue weighted by atomic mass is 32.2. The van der Waals surface area contributed by atoms with Gasteiger partial charge in [0, 0.05) is 5.56 Å². The fraction of sp³-hybridized carbons (Fsp3) is 0.682. The van der Waals surface area contributed by atoms with Crippen LogP contribution in [0.25, 0.3) is 0 Å². The number of hydrogen-bond acceptors (Lipinski definition) is 7. The molecule has 2 heterocycles. The molecule has 1 aliphatic carbocycles. The Kier molecular flexibility index (Phi) is 5.93. The summed E-state index contributed by atoms with van der Waals surface area (Å²) in [4.78, 5) is 12.2. The zero-order chi connectivity index (χ0) is 22.4. The Labute approximate surface area is 183 Å². The second-order valence-corrected chi connectivity index (χ2v) is 11.3. The lowest BCUT2D eigenvalue weighted by molar-refractivity contribution is -0.176. The number of carbonyl (C=O) groups excluding carboxylic acids is 1. The minimum Gasteiger partial charge on any atom is -0.344 e. The molecule has 2 saturated heterocycles. The van der Waals surface area contributed by atoms with Crippen molar-refractivity contribution in [1.82, 2.24) is 4.72 Å². The summed E-state index contributed by atoms with van der Waals surface area (Å²) < 4.78 is 51.5. The van der Waals surface area contributed by atoms with E-state index in [0.717, 1.165) is 0 Å². The van der Waals surface area contributed by atoms with Crippen LogP contribution in [0.4, 0.5) is 0 Å². The molecule has 0 bridgehead atoms. The van der Waals surface area contributed by atoms with Gasteiger partial charge in [0.2, 0.25) is 10.0 Å². The molecule has 172 valence electrons. The Morgan fingerprint density at radius 2 is 1.58 bits per heavy atom. The maximum Gasteiger partial charge on any atom is 0.264 e. The average molecular weight is 454 g/mol. The number of ether oxygens (including phenoxy) is 4. The molecule has 0 unspecified atom stereocenters. The normalized spacial score (nSPS) is 33.5. The number of nitrogens with one attached hydrogen (secondary N) is 1. The SMILES string of the molecule is CC1(C)O[C@@H]2[C@H]3OC(C)(C)O[C@H]3C[C@H](CCCS(=O)(=O)NC(=O)c3ccccc3)[C@@H]2O1. The van der Waals surface area contributed by atoms with E-state index in [1.54, 1.807) is 30.3 Å². The third kappa shape index (κ3) is 5.12. The Hall–Kier alpha value is -1.52. The molecule has 1 aromatic carbocycles. The maximum absolute atomic E-state index is 12.4. The Morgan fingerprint density at radius 1 is 0.968 bits per heavy atom. The van der Waals surface area contributed by atoms with Gasteiger partial charge in [-0.1, -0.05) is 18.2 Å². The topological polar surface area (TPSA) is 100 Å². The molecule has 9 heteroatoms. The smallest absolute Gasteiger partial charge is 0.264 e. The van der Waals surface area contributed by atoms with Gasteiger partial charge in [0.05, 0.1) is 18.0 Å². The van der Waals surface area contributed by atoms with E-state index in [2.05, 4.69) is 4.72 Å². The van der Waals surface area contributed by atoms with Crippen LogP contribution in [0.5, 0.6) is 0 Å². The number of hydrogen-bond donors (Lipinski definition) is 1. The number of benzene rings is 1. The summed E-state index contributed by atoms with van der Waals surface area (Å²) in [6.45, 7) is 7.53. The quantitative estimate of drug-likeness (QED) is 0.707. The average Bonchev–Trinajstić information content (AvgIpc) is 3.16. The molecule has 1 amide bonds. The van der Waals surface area contributed by atoms with Crippen molar-refractivity contribution in [2.24, 2.45) is 5.92 Å². The van der Waals surface area contributed by atoms with Gasteiger partial charge in [0.1, 0.15) is 12.2 Å². The first-order chi connectivity index (χ1) is 14.4. The molecule has 0 radical (unpaired) electrons. The predicted molar refractivity (Wildman–Crippen MR) is 113 cm³/mol. The highest BCUT2D eigenvalue weighted by Crippen LogP contribution is 2.47. The molecule has 1 saturated carbocycles. The van der Waals surface area contributed by atoms with E-state index >= 15 is 0 Å². The van der Waals surface area contributed by atoms with Crippen molar-refractivity contribution in [3.63, 3.8) is 0 Å². The van der Waals surface area contributed by atoms with Gasteiger partial charge >= 0.3 is 0 Å². The van der Waals surface area contributed by atoms with E-state index in [1.165, 1.54) is 0 Å². The van der Waals surface area contributed by atoms with Crippen molar-refractivity contribution >= 4 is 15.9 Å². The number of sulfonamides is 1. The van der Waals surface area contributed by atoms with Crippen LogP contribution in [0.3, 0.4) is 0 Å². The first kappa shape index (κ1) is 22.7. The number of carbonyl (C=O) groups is 1. The van der Waals surface area contributed by atoms with Gasteiger partial charge in [-0.3, -0.25) is 4.79 Å². The highest BCUT2D eigenvalue weighted by molar-refractivity contribution is 7.90. The lowest BCUT2D eigenvalue weighted by atomic mass is 9.79. The summed E-state index contributed by atoms with van der Waals surface area (Å²) in [5, 5.41) is 0. The number of rotatable bonds is 6. The van der Waals surface area contributed by atoms with Gasteiger partial charge in [-0.15, -0.1) is 0 Å². The van der Waals surface area contributed by atoms with Crippen LogP contribution in [-0.2, 0) is 29.0 Å².